The van der Waals surface area contributed by atoms with Gasteiger partial charge in [0.25, 0.3) is 5.91 Å². The molecule has 0 bridgehead atoms. The molecule has 0 aliphatic rings. The van der Waals surface area contributed by atoms with Crippen LogP contribution in [0, 0.1) is 18.3 Å². The molecule has 3 aromatic rings. The number of aryl methyl sites for hydroxylation is 1. The summed E-state index contributed by atoms with van der Waals surface area (Å²) >= 11 is 0. The molecular formula is C21H16N2O4. The van der Waals surface area contributed by atoms with Crippen LogP contribution in [0.25, 0.3) is 0 Å². The van der Waals surface area contributed by atoms with Gasteiger partial charge in [-0.15, -0.1) is 0 Å². The van der Waals surface area contributed by atoms with Gasteiger partial charge < -0.3 is 14.5 Å². The lowest BCUT2D eigenvalue weighted by Gasteiger charge is -2.10. The van der Waals surface area contributed by atoms with Crippen LogP contribution in [-0.2, 0) is 11.3 Å². The molecule has 0 unspecified atom stereocenters. The minimum atomic E-state index is -0.507. The van der Waals surface area contributed by atoms with Gasteiger partial charge in [-0.2, -0.15) is 5.26 Å². The van der Waals surface area contributed by atoms with Crippen LogP contribution in [0.4, 0.5) is 5.69 Å². The van der Waals surface area contributed by atoms with E-state index in [0.717, 1.165) is 11.1 Å². The quantitative estimate of drug-likeness (QED) is 0.693. The average molecular weight is 360 g/mol. The van der Waals surface area contributed by atoms with E-state index in [0.29, 0.717) is 16.8 Å². The van der Waals surface area contributed by atoms with Gasteiger partial charge in [-0.25, -0.2) is 4.79 Å². The van der Waals surface area contributed by atoms with E-state index in [9.17, 15) is 9.59 Å². The Labute approximate surface area is 156 Å². The lowest BCUT2D eigenvalue weighted by atomic mass is 10.1. The number of nitrogens with one attached hydrogen (secondary N) is 1. The third-order valence-corrected chi connectivity index (χ3v) is 3.92. The summed E-state index contributed by atoms with van der Waals surface area (Å²) in [6.45, 7) is 1.91. The van der Waals surface area contributed by atoms with Crippen molar-refractivity contribution in [2.75, 3.05) is 5.32 Å². The van der Waals surface area contributed by atoms with Gasteiger partial charge in [0.2, 0.25) is 0 Å². The Kier molecular flexibility index (Phi) is 5.33. The van der Waals surface area contributed by atoms with Crippen molar-refractivity contribution >= 4 is 17.6 Å². The van der Waals surface area contributed by atoms with E-state index in [1.165, 1.54) is 6.26 Å². The minimum Gasteiger partial charge on any atom is -0.459 e. The molecule has 0 saturated carbocycles. The van der Waals surface area contributed by atoms with E-state index in [1.807, 2.05) is 13.0 Å². The van der Waals surface area contributed by atoms with Crippen LogP contribution in [0.15, 0.2) is 65.3 Å². The second kappa shape index (κ2) is 8.02. The summed E-state index contributed by atoms with van der Waals surface area (Å²) in [6, 6.07) is 16.9. The molecule has 0 saturated heterocycles. The first-order chi connectivity index (χ1) is 13.1. The molecule has 0 atom stereocenters. The van der Waals surface area contributed by atoms with Crippen molar-refractivity contribution in [3.8, 4) is 6.07 Å². The Morgan fingerprint density at radius 1 is 1.15 bits per heavy atom. The van der Waals surface area contributed by atoms with Crippen molar-refractivity contribution in [3.05, 3.63) is 88.9 Å². The summed E-state index contributed by atoms with van der Waals surface area (Å²) in [5, 5.41) is 11.5. The van der Waals surface area contributed by atoms with Crippen molar-refractivity contribution in [1.29, 1.82) is 5.26 Å². The van der Waals surface area contributed by atoms with Gasteiger partial charge in [0.1, 0.15) is 6.61 Å². The van der Waals surface area contributed by atoms with E-state index in [1.54, 1.807) is 54.6 Å². The molecule has 2 aromatic carbocycles. The van der Waals surface area contributed by atoms with Gasteiger partial charge in [-0.3, -0.25) is 4.79 Å². The van der Waals surface area contributed by atoms with E-state index in [-0.39, 0.29) is 12.4 Å². The summed E-state index contributed by atoms with van der Waals surface area (Å²) < 4.78 is 10.4. The molecule has 134 valence electrons. The minimum absolute atomic E-state index is 0.0898. The van der Waals surface area contributed by atoms with E-state index >= 15 is 0 Å². The highest BCUT2D eigenvalue weighted by Crippen LogP contribution is 2.19. The van der Waals surface area contributed by atoms with Crippen molar-refractivity contribution in [2.45, 2.75) is 13.5 Å². The second-order valence-corrected chi connectivity index (χ2v) is 5.85. The molecule has 0 aliphatic heterocycles. The zero-order chi connectivity index (χ0) is 19.2. The van der Waals surface area contributed by atoms with E-state index in [2.05, 4.69) is 5.32 Å². The van der Waals surface area contributed by atoms with Crippen LogP contribution in [0.2, 0.25) is 0 Å². The summed E-state index contributed by atoms with van der Waals surface area (Å²) in [5.41, 5.74) is 2.95. The molecule has 0 spiro atoms. The summed E-state index contributed by atoms with van der Waals surface area (Å²) in [4.78, 5) is 24.4. The van der Waals surface area contributed by atoms with E-state index < -0.39 is 11.9 Å². The zero-order valence-corrected chi connectivity index (χ0v) is 14.6. The fraction of sp³-hybridized carbons (Fsp3) is 0.0952. The first-order valence-corrected chi connectivity index (χ1v) is 8.18. The number of esters is 1. The largest absolute Gasteiger partial charge is 0.459 e. The molecule has 3 rings (SSSR count). The predicted octanol–water partition coefficient (Wildman–Crippen LogP) is 4.07. The van der Waals surface area contributed by atoms with Gasteiger partial charge in [-0.05, 0) is 54.4 Å². The van der Waals surface area contributed by atoms with Crippen molar-refractivity contribution < 1.29 is 18.7 Å². The molecule has 0 radical (unpaired) electrons. The highest BCUT2D eigenvalue weighted by molar-refractivity contribution is 6.03. The first-order valence-electron chi connectivity index (χ1n) is 8.18. The maximum Gasteiger partial charge on any atom is 0.338 e. The van der Waals surface area contributed by atoms with Gasteiger partial charge in [0, 0.05) is 5.69 Å². The Hall–Kier alpha value is -3.85. The fourth-order valence-electron chi connectivity index (χ4n) is 2.38. The number of hydrogen-bond acceptors (Lipinski definition) is 5. The fourth-order valence-corrected chi connectivity index (χ4v) is 2.38. The van der Waals surface area contributed by atoms with Gasteiger partial charge >= 0.3 is 5.97 Å². The molecular weight excluding hydrogens is 344 g/mol. The summed E-state index contributed by atoms with van der Waals surface area (Å²) in [5.74, 6) is -0.720. The first kappa shape index (κ1) is 18.0. The Bertz CT molecular complexity index is 1000. The second-order valence-electron chi connectivity index (χ2n) is 5.85. The van der Waals surface area contributed by atoms with Crippen LogP contribution >= 0.6 is 0 Å². The maximum absolute atomic E-state index is 12.3. The number of nitriles is 1. The molecule has 6 nitrogen and oxygen atoms in total. The van der Waals surface area contributed by atoms with Crippen molar-refractivity contribution in [1.82, 2.24) is 0 Å². The number of carbonyl (C=O) groups is 2. The highest BCUT2D eigenvalue weighted by atomic mass is 16.5. The molecule has 1 N–H and O–H groups in total. The van der Waals surface area contributed by atoms with Crippen LogP contribution in [0.1, 0.15) is 37.6 Å². The topological polar surface area (TPSA) is 92.3 Å². The maximum atomic E-state index is 12.3. The highest BCUT2D eigenvalue weighted by Gasteiger charge is 2.14. The predicted molar refractivity (Wildman–Crippen MR) is 98.1 cm³/mol. The number of hydrogen-bond donors (Lipinski definition) is 1. The summed E-state index contributed by atoms with van der Waals surface area (Å²) in [6.07, 6.45) is 1.42. The monoisotopic (exact) mass is 360 g/mol. The normalized spacial score (nSPS) is 10.1. The number of nitrogens with zero attached hydrogens (tertiary/aromatic N) is 1. The van der Waals surface area contributed by atoms with Gasteiger partial charge in [-0.1, -0.05) is 18.2 Å². The molecule has 0 aliphatic carbocycles. The third kappa shape index (κ3) is 4.41. The van der Waals surface area contributed by atoms with Crippen molar-refractivity contribution in [3.63, 3.8) is 0 Å². The lowest BCUT2D eigenvalue weighted by molar-refractivity contribution is 0.0472. The number of benzene rings is 2. The molecule has 1 amide bonds. The molecule has 1 aromatic heterocycles. The van der Waals surface area contributed by atoms with Crippen LogP contribution in [0.5, 0.6) is 0 Å². The number of carbonyl (C=O) groups excluding carboxylic acids is 2. The van der Waals surface area contributed by atoms with E-state index in [4.69, 9.17) is 14.4 Å². The number of rotatable bonds is 5. The lowest BCUT2D eigenvalue weighted by Crippen LogP contribution is -2.13. The smallest absolute Gasteiger partial charge is 0.338 e. The Morgan fingerprint density at radius 2 is 1.93 bits per heavy atom. The van der Waals surface area contributed by atoms with Crippen LogP contribution < -0.4 is 5.32 Å². The number of amides is 1. The number of anilines is 1. The SMILES string of the molecule is Cc1ccc(C(=O)OCc2ccc(C#N)cc2)cc1NC(=O)c1ccco1. The standard InChI is InChI=1S/C21H16N2O4/c1-14-4-9-17(11-18(14)23-20(24)19-3-2-10-26-19)21(25)27-13-16-7-5-15(12-22)6-8-16/h2-11H,13H2,1H3,(H,23,24). The Balaban J connectivity index is 1.67. The summed E-state index contributed by atoms with van der Waals surface area (Å²) in [7, 11) is 0. The molecule has 6 heteroatoms. The molecule has 1 heterocycles. The number of ether oxygens (including phenoxy) is 1. The Morgan fingerprint density at radius 3 is 2.59 bits per heavy atom. The van der Waals surface area contributed by atoms with Crippen LogP contribution in [0.3, 0.4) is 0 Å². The zero-order valence-electron chi connectivity index (χ0n) is 14.6. The third-order valence-electron chi connectivity index (χ3n) is 3.92. The van der Waals surface area contributed by atoms with Gasteiger partial charge in [0.05, 0.1) is 23.5 Å². The van der Waals surface area contributed by atoms with Gasteiger partial charge in [0.15, 0.2) is 5.76 Å². The molecule has 27 heavy (non-hydrogen) atoms. The average Bonchev–Trinajstić information content (AvgIpc) is 3.23. The van der Waals surface area contributed by atoms with Crippen LogP contribution in [-0.4, -0.2) is 11.9 Å². The molecule has 0 fully saturated rings. The number of furan rings is 1. The van der Waals surface area contributed by atoms with Crippen molar-refractivity contribution in [2.24, 2.45) is 0 Å².